The number of amides is 1. The summed E-state index contributed by atoms with van der Waals surface area (Å²) in [5.41, 5.74) is 0.721. The van der Waals surface area contributed by atoms with Gasteiger partial charge in [0.05, 0.1) is 0 Å². The third kappa shape index (κ3) is 4.56. The fourth-order valence-corrected chi connectivity index (χ4v) is 2.23. The number of cyclic esters (lactones) is 1. The van der Waals surface area contributed by atoms with Gasteiger partial charge in [0.15, 0.2) is 0 Å². The second-order valence-corrected chi connectivity index (χ2v) is 6.33. The maximum Gasteiger partial charge on any atom is 0.323 e. The summed E-state index contributed by atoms with van der Waals surface area (Å²) >= 11 is 0. The summed E-state index contributed by atoms with van der Waals surface area (Å²) in [6, 6.07) is 8.69. The molecule has 1 aromatic rings. The van der Waals surface area contributed by atoms with Gasteiger partial charge < -0.3 is 10.1 Å². The predicted molar refractivity (Wildman–Crippen MR) is 79.7 cm³/mol. The summed E-state index contributed by atoms with van der Waals surface area (Å²) in [5.74, 6) is -0.452. The zero-order chi connectivity index (χ0) is 15.5. The van der Waals surface area contributed by atoms with Crippen molar-refractivity contribution in [3.05, 3.63) is 35.9 Å². The summed E-state index contributed by atoms with van der Waals surface area (Å²) in [6.45, 7) is 5.83. The first-order chi connectivity index (χ1) is 9.85. The van der Waals surface area contributed by atoms with E-state index in [0.29, 0.717) is 6.42 Å². The third-order valence-corrected chi connectivity index (χ3v) is 3.18. The van der Waals surface area contributed by atoms with E-state index in [2.05, 4.69) is 10.6 Å². The highest BCUT2D eigenvalue weighted by Crippen LogP contribution is 2.10. The first kappa shape index (κ1) is 15.5. The molecule has 0 radical (unpaired) electrons. The van der Waals surface area contributed by atoms with Crippen LogP contribution in [-0.4, -0.2) is 36.1 Å². The highest BCUT2D eigenvalue weighted by molar-refractivity contribution is 5.86. The van der Waals surface area contributed by atoms with Crippen molar-refractivity contribution < 1.29 is 14.3 Å². The van der Waals surface area contributed by atoms with Gasteiger partial charge in [0.25, 0.3) is 0 Å². The molecule has 1 aliphatic rings. The van der Waals surface area contributed by atoms with E-state index in [9.17, 15) is 9.59 Å². The smallest absolute Gasteiger partial charge is 0.323 e. The molecule has 1 aliphatic heterocycles. The fraction of sp³-hybridized carbons (Fsp3) is 0.500. The molecule has 2 N–H and O–H groups in total. The summed E-state index contributed by atoms with van der Waals surface area (Å²) in [7, 11) is 0. The van der Waals surface area contributed by atoms with Crippen molar-refractivity contribution in [1.29, 1.82) is 0 Å². The van der Waals surface area contributed by atoms with Crippen molar-refractivity contribution in [3.63, 3.8) is 0 Å². The van der Waals surface area contributed by atoms with Crippen LogP contribution in [0.2, 0.25) is 0 Å². The average Bonchev–Trinajstić information content (AvgIpc) is 2.40. The molecule has 5 heteroatoms. The lowest BCUT2D eigenvalue weighted by atomic mass is 10.0. The lowest BCUT2D eigenvalue weighted by Crippen LogP contribution is -2.60. The summed E-state index contributed by atoms with van der Waals surface area (Å²) < 4.78 is 5.15. The van der Waals surface area contributed by atoms with Gasteiger partial charge in [-0.1, -0.05) is 30.3 Å². The molecule has 0 bridgehead atoms. The zero-order valence-electron chi connectivity index (χ0n) is 12.7. The molecular weight excluding hydrogens is 268 g/mol. The quantitative estimate of drug-likeness (QED) is 0.816. The summed E-state index contributed by atoms with van der Waals surface area (Å²) in [4.78, 5) is 24.0. The Kier molecular flexibility index (Phi) is 4.63. The van der Waals surface area contributed by atoms with Crippen molar-refractivity contribution in [3.8, 4) is 0 Å². The highest BCUT2D eigenvalue weighted by Gasteiger charge is 2.34. The number of benzene rings is 1. The number of ether oxygens (including phenoxy) is 1. The van der Waals surface area contributed by atoms with Gasteiger partial charge in [-0.15, -0.1) is 0 Å². The number of nitrogens with one attached hydrogen (secondary N) is 2. The maximum absolute atomic E-state index is 12.2. The SMILES string of the molecule is CC(C)(C)NC(=O)C1COC(=O)[C@H](Cc2ccccc2)N1. The topological polar surface area (TPSA) is 67.4 Å². The van der Waals surface area contributed by atoms with Crippen molar-refractivity contribution in [2.45, 2.75) is 44.8 Å². The Morgan fingerprint density at radius 3 is 2.62 bits per heavy atom. The van der Waals surface area contributed by atoms with Crippen LogP contribution in [0.5, 0.6) is 0 Å². The van der Waals surface area contributed by atoms with E-state index in [1.807, 2.05) is 51.1 Å². The van der Waals surface area contributed by atoms with Gasteiger partial charge in [0, 0.05) is 5.54 Å². The molecule has 1 fully saturated rings. The number of carbonyl (C=O) groups excluding carboxylic acids is 2. The Balaban J connectivity index is 1.99. The number of hydrogen-bond acceptors (Lipinski definition) is 4. The van der Waals surface area contributed by atoms with Crippen molar-refractivity contribution in [2.24, 2.45) is 0 Å². The number of esters is 1. The first-order valence-corrected chi connectivity index (χ1v) is 7.14. The van der Waals surface area contributed by atoms with E-state index < -0.39 is 12.1 Å². The molecule has 114 valence electrons. The monoisotopic (exact) mass is 290 g/mol. The maximum atomic E-state index is 12.2. The molecule has 1 unspecified atom stereocenters. The Hall–Kier alpha value is -1.88. The van der Waals surface area contributed by atoms with Crippen molar-refractivity contribution in [1.82, 2.24) is 10.6 Å². The van der Waals surface area contributed by atoms with E-state index in [-0.39, 0.29) is 24.0 Å². The molecule has 21 heavy (non-hydrogen) atoms. The highest BCUT2D eigenvalue weighted by atomic mass is 16.5. The van der Waals surface area contributed by atoms with Crippen LogP contribution in [0, 0.1) is 0 Å². The number of hydrogen-bond donors (Lipinski definition) is 2. The molecular formula is C16H22N2O3. The van der Waals surface area contributed by atoms with Crippen LogP contribution in [0.15, 0.2) is 30.3 Å². The molecule has 1 saturated heterocycles. The van der Waals surface area contributed by atoms with Crippen LogP contribution in [0.4, 0.5) is 0 Å². The Bertz CT molecular complexity index is 508. The van der Waals surface area contributed by atoms with Gasteiger partial charge in [-0.25, -0.2) is 0 Å². The molecule has 1 amide bonds. The van der Waals surface area contributed by atoms with Crippen LogP contribution in [0.25, 0.3) is 0 Å². The standard InChI is InChI=1S/C16H22N2O3/c1-16(2,3)18-14(19)13-10-21-15(20)12(17-13)9-11-7-5-4-6-8-11/h4-8,12-13,17H,9-10H2,1-3H3,(H,18,19)/t12-,13?/m0/s1. The first-order valence-electron chi connectivity index (χ1n) is 7.14. The van der Waals surface area contributed by atoms with E-state index in [0.717, 1.165) is 5.56 Å². The van der Waals surface area contributed by atoms with E-state index in [1.165, 1.54) is 0 Å². The zero-order valence-corrected chi connectivity index (χ0v) is 12.7. The van der Waals surface area contributed by atoms with Gasteiger partial charge in [-0.05, 0) is 32.8 Å². The van der Waals surface area contributed by atoms with E-state index >= 15 is 0 Å². The summed E-state index contributed by atoms with van der Waals surface area (Å²) in [6.07, 6.45) is 0.513. The molecule has 0 spiro atoms. The fourth-order valence-electron chi connectivity index (χ4n) is 2.23. The second-order valence-electron chi connectivity index (χ2n) is 6.33. The van der Waals surface area contributed by atoms with Crippen LogP contribution in [-0.2, 0) is 20.7 Å². The van der Waals surface area contributed by atoms with Gasteiger partial charge >= 0.3 is 5.97 Å². The molecule has 0 saturated carbocycles. The molecule has 0 aromatic heterocycles. The predicted octanol–water partition coefficient (Wildman–Crippen LogP) is 1.03. The Morgan fingerprint density at radius 2 is 2.00 bits per heavy atom. The number of morpholine rings is 1. The number of carbonyl (C=O) groups is 2. The lowest BCUT2D eigenvalue weighted by molar-refractivity contribution is -0.153. The van der Waals surface area contributed by atoms with Gasteiger partial charge in [-0.2, -0.15) is 0 Å². The third-order valence-electron chi connectivity index (χ3n) is 3.18. The Morgan fingerprint density at radius 1 is 1.33 bits per heavy atom. The van der Waals surface area contributed by atoms with E-state index in [1.54, 1.807) is 0 Å². The largest absolute Gasteiger partial charge is 0.462 e. The second kappa shape index (κ2) is 6.26. The minimum Gasteiger partial charge on any atom is -0.462 e. The van der Waals surface area contributed by atoms with Gasteiger partial charge in [0.2, 0.25) is 5.91 Å². The van der Waals surface area contributed by atoms with Gasteiger partial charge in [0.1, 0.15) is 18.7 Å². The molecule has 0 aliphatic carbocycles. The normalized spacial score (nSPS) is 22.5. The van der Waals surface area contributed by atoms with Crippen molar-refractivity contribution in [2.75, 3.05) is 6.61 Å². The molecule has 1 heterocycles. The van der Waals surface area contributed by atoms with E-state index in [4.69, 9.17) is 4.74 Å². The molecule has 2 rings (SSSR count). The molecule has 5 nitrogen and oxygen atoms in total. The summed E-state index contributed by atoms with van der Waals surface area (Å²) in [5, 5.41) is 5.98. The van der Waals surface area contributed by atoms with Crippen molar-refractivity contribution >= 4 is 11.9 Å². The van der Waals surface area contributed by atoms with Crippen LogP contribution < -0.4 is 10.6 Å². The van der Waals surface area contributed by atoms with Crippen LogP contribution in [0.3, 0.4) is 0 Å². The Labute approximate surface area is 125 Å². The average molecular weight is 290 g/mol. The number of rotatable bonds is 3. The molecule has 1 aromatic carbocycles. The minimum atomic E-state index is -0.504. The van der Waals surface area contributed by atoms with Crippen LogP contribution >= 0.6 is 0 Å². The van der Waals surface area contributed by atoms with Crippen LogP contribution in [0.1, 0.15) is 26.3 Å². The lowest BCUT2D eigenvalue weighted by Gasteiger charge is -2.31. The minimum absolute atomic E-state index is 0.0754. The molecule has 2 atom stereocenters. The van der Waals surface area contributed by atoms with Gasteiger partial charge in [-0.3, -0.25) is 14.9 Å².